The van der Waals surface area contributed by atoms with E-state index >= 15 is 0 Å². The van der Waals surface area contributed by atoms with Crippen molar-refractivity contribution in [1.82, 2.24) is 10.1 Å². The van der Waals surface area contributed by atoms with Crippen LogP contribution < -0.4 is 5.73 Å². The molecule has 1 atom stereocenters. The molecule has 0 aliphatic carbocycles. The highest BCUT2D eigenvalue weighted by molar-refractivity contribution is 5.55. The van der Waals surface area contributed by atoms with Crippen molar-refractivity contribution in [2.75, 3.05) is 0 Å². The number of nitrogens with two attached hydrogens (primary N) is 1. The Morgan fingerprint density at radius 2 is 1.83 bits per heavy atom. The summed E-state index contributed by atoms with van der Waals surface area (Å²) in [6, 6.07) is 6.17. The lowest BCUT2D eigenvalue weighted by molar-refractivity contribution is 0.379. The van der Waals surface area contributed by atoms with E-state index in [1.165, 1.54) is 11.1 Å². The maximum Gasteiger partial charge on any atom is 0.258 e. The third kappa shape index (κ3) is 2.43. The number of nitrogens with zero attached hydrogens (tertiary/aromatic N) is 2. The lowest BCUT2D eigenvalue weighted by Gasteiger charge is -2.16. The average molecular weight is 245 g/mol. The Kier molecular flexibility index (Phi) is 3.22. The van der Waals surface area contributed by atoms with Crippen LogP contribution >= 0.6 is 0 Å². The van der Waals surface area contributed by atoms with Gasteiger partial charge in [0.25, 0.3) is 5.89 Å². The number of rotatable bonds is 3. The molecular weight excluding hydrogens is 226 g/mol. The van der Waals surface area contributed by atoms with Gasteiger partial charge in [0.15, 0.2) is 5.82 Å². The Bertz CT molecular complexity index is 538. The smallest absolute Gasteiger partial charge is 0.258 e. The van der Waals surface area contributed by atoms with E-state index < -0.39 is 5.54 Å². The van der Waals surface area contributed by atoms with Crippen molar-refractivity contribution < 1.29 is 4.52 Å². The maximum atomic E-state index is 6.10. The molecule has 0 saturated carbocycles. The van der Waals surface area contributed by atoms with Crippen molar-refractivity contribution in [3.05, 3.63) is 35.2 Å². The fourth-order valence-corrected chi connectivity index (χ4v) is 1.83. The molecule has 4 heteroatoms. The minimum atomic E-state index is -0.541. The molecule has 1 heterocycles. The zero-order valence-electron chi connectivity index (χ0n) is 11.3. The van der Waals surface area contributed by atoms with E-state index in [9.17, 15) is 0 Å². The van der Waals surface area contributed by atoms with Crippen molar-refractivity contribution in [2.24, 2.45) is 5.73 Å². The van der Waals surface area contributed by atoms with E-state index in [1.807, 2.05) is 39.8 Å². The topological polar surface area (TPSA) is 64.9 Å². The highest BCUT2D eigenvalue weighted by Gasteiger charge is 2.25. The molecular formula is C14H19N3O. The first-order valence-corrected chi connectivity index (χ1v) is 6.14. The number of hydrogen-bond acceptors (Lipinski definition) is 4. The largest absolute Gasteiger partial charge is 0.334 e. The predicted octanol–water partition coefficient (Wildman–Crippen LogP) is 2.94. The first-order chi connectivity index (χ1) is 8.42. The minimum Gasteiger partial charge on any atom is -0.334 e. The molecule has 0 aliphatic rings. The van der Waals surface area contributed by atoms with Crippen molar-refractivity contribution in [1.29, 1.82) is 0 Å². The van der Waals surface area contributed by atoms with Crippen LogP contribution in [-0.4, -0.2) is 10.1 Å². The Labute approximate surface area is 107 Å². The van der Waals surface area contributed by atoms with E-state index in [0.29, 0.717) is 11.7 Å². The number of benzene rings is 1. The summed E-state index contributed by atoms with van der Waals surface area (Å²) in [7, 11) is 0. The molecule has 0 radical (unpaired) electrons. The molecule has 1 aromatic heterocycles. The first-order valence-electron chi connectivity index (χ1n) is 6.14. The number of hydrogen-bond donors (Lipinski definition) is 1. The van der Waals surface area contributed by atoms with Gasteiger partial charge >= 0.3 is 0 Å². The average Bonchev–Trinajstić information content (AvgIpc) is 2.77. The summed E-state index contributed by atoms with van der Waals surface area (Å²) in [5.41, 5.74) is 8.86. The monoisotopic (exact) mass is 245 g/mol. The van der Waals surface area contributed by atoms with Crippen LogP contribution in [0.1, 0.15) is 37.2 Å². The summed E-state index contributed by atoms with van der Waals surface area (Å²) in [5, 5.41) is 3.98. The van der Waals surface area contributed by atoms with E-state index in [0.717, 1.165) is 12.0 Å². The molecule has 2 N–H and O–H groups in total. The van der Waals surface area contributed by atoms with Gasteiger partial charge in [0.05, 0.1) is 5.54 Å². The number of aryl methyl sites for hydroxylation is 2. The summed E-state index contributed by atoms with van der Waals surface area (Å²) in [4.78, 5) is 4.40. The lowest BCUT2D eigenvalue weighted by atomic mass is 10.00. The number of aromatic nitrogens is 2. The summed E-state index contributed by atoms with van der Waals surface area (Å²) in [5.74, 6) is 1.08. The minimum absolute atomic E-state index is 0.530. The second kappa shape index (κ2) is 4.53. The maximum absolute atomic E-state index is 6.10. The van der Waals surface area contributed by atoms with Crippen LogP contribution in [-0.2, 0) is 5.54 Å². The van der Waals surface area contributed by atoms with Gasteiger partial charge < -0.3 is 10.3 Å². The highest BCUT2D eigenvalue weighted by Crippen LogP contribution is 2.24. The van der Waals surface area contributed by atoms with Crippen molar-refractivity contribution in [3.63, 3.8) is 0 Å². The lowest BCUT2D eigenvalue weighted by Crippen LogP contribution is -2.33. The first kappa shape index (κ1) is 12.8. The Hall–Kier alpha value is -1.68. The molecule has 2 aromatic rings. The van der Waals surface area contributed by atoms with E-state index in [-0.39, 0.29) is 0 Å². The van der Waals surface area contributed by atoms with Gasteiger partial charge in [-0.3, -0.25) is 0 Å². The van der Waals surface area contributed by atoms with Gasteiger partial charge in [-0.2, -0.15) is 4.98 Å². The van der Waals surface area contributed by atoms with Crippen LogP contribution in [0.5, 0.6) is 0 Å². The second-order valence-electron chi connectivity index (χ2n) is 5.07. The molecule has 0 amide bonds. The molecule has 1 unspecified atom stereocenters. The van der Waals surface area contributed by atoms with Gasteiger partial charge in [0.2, 0.25) is 0 Å². The Balaban J connectivity index is 2.41. The van der Waals surface area contributed by atoms with Gasteiger partial charge in [-0.15, -0.1) is 0 Å². The quantitative estimate of drug-likeness (QED) is 0.903. The Morgan fingerprint density at radius 1 is 1.22 bits per heavy atom. The fourth-order valence-electron chi connectivity index (χ4n) is 1.83. The second-order valence-corrected chi connectivity index (χ2v) is 5.07. The summed E-state index contributed by atoms with van der Waals surface area (Å²) in [6.07, 6.45) is 0.763. The van der Waals surface area contributed by atoms with Crippen LogP contribution in [0.15, 0.2) is 22.7 Å². The van der Waals surface area contributed by atoms with Gasteiger partial charge in [0, 0.05) is 5.56 Å². The molecule has 0 aliphatic heterocycles. The van der Waals surface area contributed by atoms with E-state index in [2.05, 4.69) is 16.2 Å². The SMILES string of the molecule is CCC(C)(N)c1noc(-c2cc(C)cc(C)c2)n1. The molecule has 0 spiro atoms. The summed E-state index contributed by atoms with van der Waals surface area (Å²) < 4.78 is 5.31. The van der Waals surface area contributed by atoms with Crippen molar-refractivity contribution in [3.8, 4) is 11.5 Å². The van der Waals surface area contributed by atoms with Crippen LogP contribution in [0.4, 0.5) is 0 Å². The third-order valence-corrected chi connectivity index (χ3v) is 3.14. The summed E-state index contributed by atoms with van der Waals surface area (Å²) in [6.45, 7) is 8.01. The zero-order chi connectivity index (χ0) is 13.3. The van der Waals surface area contributed by atoms with Crippen LogP contribution in [0.3, 0.4) is 0 Å². The van der Waals surface area contributed by atoms with Gasteiger partial charge in [-0.25, -0.2) is 0 Å². The summed E-state index contributed by atoms with van der Waals surface area (Å²) >= 11 is 0. The fraction of sp³-hybridized carbons (Fsp3) is 0.429. The van der Waals surface area contributed by atoms with Crippen LogP contribution in [0, 0.1) is 13.8 Å². The van der Waals surface area contributed by atoms with E-state index in [4.69, 9.17) is 10.3 Å². The molecule has 2 rings (SSSR count). The van der Waals surface area contributed by atoms with Crippen molar-refractivity contribution >= 4 is 0 Å². The molecule has 18 heavy (non-hydrogen) atoms. The van der Waals surface area contributed by atoms with Gasteiger partial charge in [-0.05, 0) is 39.3 Å². The molecule has 0 bridgehead atoms. The van der Waals surface area contributed by atoms with Crippen LogP contribution in [0.25, 0.3) is 11.5 Å². The van der Waals surface area contributed by atoms with Crippen molar-refractivity contribution in [2.45, 2.75) is 39.7 Å². The normalized spacial score (nSPS) is 14.5. The third-order valence-electron chi connectivity index (χ3n) is 3.14. The zero-order valence-corrected chi connectivity index (χ0v) is 11.3. The highest BCUT2D eigenvalue weighted by atomic mass is 16.5. The van der Waals surface area contributed by atoms with Gasteiger partial charge in [0.1, 0.15) is 0 Å². The van der Waals surface area contributed by atoms with E-state index in [1.54, 1.807) is 0 Å². The molecule has 0 saturated heterocycles. The molecule has 1 aromatic carbocycles. The Morgan fingerprint density at radius 3 is 2.39 bits per heavy atom. The molecule has 4 nitrogen and oxygen atoms in total. The molecule has 96 valence electrons. The van der Waals surface area contributed by atoms with Gasteiger partial charge in [-0.1, -0.05) is 29.3 Å². The van der Waals surface area contributed by atoms with Crippen LogP contribution in [0.2, 0.25) is 0 Å². The molecule has 0 fully saturated rings. The predicted molar refractivity (Wildman–Crippen MR) is 71.0 cm³/mol. The standard InChI is InChI=1S/C14H19N3O/c1-5-14(4,15)13-16-12(18-17-13)11-7-9(2)6-10(3)8-11/h6-8H,5,15H2,1-4H3.